The maximum atomic E-state index is 5.93. The molecular formula is C12H16BrClO. The lowest BCUT2D eigenvalue weighted by Crippen LogP contribution is -2.09. The molecule has 0 aliphatic heterocycles. The van der Waals surface area contributed by atoms with Crippen molar-refractivity contribution in [1.82, 2.24) is 0 Å². The molecule has 0 amide bonds. The number of alkyl halides is 1. The van der Waals surface area contributed by atoms with E-state index in [1.807, 2.05) is 6.07 Å². The number of ether oxygens (including phenoxy) is 1. The Kier molecular flexibility index (Phi) is 6.30. The molecule has 0 bridgehead atoms. The summed E-state index contributed by atoms with van der Waals surface area (Å²) in [4.78, 5) is 0. The largest absolute Gasteiger partial charge is 0.385 e. The van der Waals surface area contributed by atoms with Gasteiger partial charge in [-0.1, -0.05) is 28.1 Å². The normalized spacial score (nSPS) is 12.7. The summed E-state index contributed by atoms with van der Waals surface area (Å²) in [5, 5.41) is 0. The lowest BCUT2D eigenvalue weighted by molar-refractivity contribution is 0.180. The van der Waals surface area contributed by atoms with Gasteiger partial charge in [0.15, 0.2) is 0 Å². The summed E-state index contributed by atoms with van der Waals surface area (Å²) < 4.78 is 6.19. The predicted octanol–water partition coefficient (Wildman–Crippen LogP) is 3.88. The van der Waals surface area contributed by atoms with Crippen molar-refractivity contribution in [3.63, 3.8) is 0 Å². The second kappa shape index (κ2) is 7.26. The van der Waals surface area contributed by atoms with E-state index in [9.17, 15) is 0 Å². The van der Waals surface area contributed by atoms with Crippen LogP contribution in [0.2, 0.25) is 0 Å². The van der Waals surface area contributed by atoms with Crippen molar-refractivity contribution >= 4 is 27.5 Å². The third kappa shape index (κ3) is 5.01. The van der Waals surface area contributed by atoms with Gasteiger partial charge in [-0.15, -0.1) is 11.6 Å². The van der Waals surface area contributed by atoms with E-state index in [2.05, 4.69) is 34.1 Å². The van der Waals surface area contributed by atoms with Crippen LogP contribution in [0.5, 0.6) is 0 Å². The molecule has 0 radical (unpaired) electrons. The van der Waals surface area contributed by atoms with Gasteiger partial charge in [0.25, 0.3) is 0 Å². The van der Waals surface area contributed by atoms with E-state index in [1.54, 1.807) is 7.11 Å². The van der Waals surface area contributed by atoms with Gasteiger partial charge in [0.2, 0.25) is 0 Å². The Morgan fingerprint density at radius 2 is 2.27 bits per heavy atom. The van der Waals surface area contributed by atoms with Gasteiger partial charge in [-0.2, -0.15) is 0 Å². The standard InChI is InChI=1S/C12H16BrClO/c1-15-6-5-11(9-14)7-10-3-2-4-12(13)8-10/h2-4,8,11H,5-7,9H2,1H3. The Balaban J connectivity index is 2.50. The lowest BCUT2D eigenvalue weighted by Gasteiger charge is -2.13. The van der Waals surface area contributed by atoms with Crippen molar-refractivity contribution in [3.05, 3.63) is 34.3 Å². The first-order valence-electron chi connectivity index (χ1n) is 5.05. The summed E-state index contributed by atoms with van der Waals surface area (Å²) >= 11 is 9.39. The van der Waals surface area contributed by atoms with Gasteiger partial charge in [-0.3, -0.25) is 0 Å². The Hall–Kier alpha value is -0.0500. The van der Waals surface area contributed by atoms with Gasteiger partial charge >= 0.3 is 0 Å². The minimum atomic E-state index is 0.501. The van der Waals surface area contributed by atoms with Gasteiger partial charge in [0.05, 0.1) is 0 Å². The maximum Gasteiger partial charge on any atom is 0.0465 e. The van der Waals surface area contributed by atoms with E-state index in [1.165, 1.54) is 5.56 Å². The minimum absolute atomic E-state index is 0.501. The molecule has 1 unspecified atom stereocenters. The fourth-order valence-electron chi connectivity index (χ4n) is 1.52. The molecule has 1 aromatic carbocycles. The van der Waals surface area contributed by atoms with Crippen LogP contribution in [0.3, 0.4) is 0 Å². The van der Waals surface area contributed by atoms with E-state index in [-0.39, 0.29) is 0 Å². The fourth-order valence-corrected chi connectivity index (χ4v) is 2.23. The number of hydrogen-bond donors (Lipinski definition) is 0. The van der Waals surface area contributed by atoms with Crippen LogP contribution in [0, 0.1) is 5.92 Å². The van der Waals surface area contributed by atoms with Crippen molar-refractivity contribution in [1.29, 1.82) is 0 Å². The van der Waals surface area contributed by atoms with Crippen molar-refractivity contribution in [2.45, 2.75) is 12.8 Å². The number of methoxy groups -OCH3 is 1. The highest BCUT2D eigenvalue weighted by molar-refractivity contribution is 9.10. The van der Waals surface area contributed by atoms with Gasteiger partial charge in [-0.25, -0.2) is 0 Å². The summed E-state index contributed by atoms with van der Waals surface area (Å²) in [5.41, 5.74) is 1.33. The number of rotatable bonds is 6. The van der Waals surface area contributed by atoms with E-state index < -0.39 is 0 Å². The molecule has 84 valence electrons. The maximum absolute atomic E-state index is 5.93. The smallest absolute Gasteiger partial charge is 0.0465 e. The molecule has 0 fully saturated rings. The zero-order valence-corrected chi connectivity index (χ0v) is 11.2. The van der Waals surface area contributed by atoms with Crippen LogP contribution < -0.4 is 0 Å². The molecule has 1 rings (SSSR count). The third-order valence-corrected chi connectivity index (χ3v) is 3.29. The van der Waals surface area contributed by atoms with E-state index in [0.29, 0.717) is 11.8 Å². The molecule has 3 heteroatoms. The lowest BCUT2D eigenvalue weighted by atomic mass is 9.98. The van der Waals surface area contributed by atoms with Crippen LogP contribution in [-0.2, 0) is 11.2 Å². The highest BCUT2D eigenvalue weighted by Crippen LogP contribution is 2.17. The van der Waals surface area contributed by atoms with E-state index >= 15 is 0 Å². The highest BCUT2D eigenvalue weighted by Gasteiger charge is 2.08. The fraction of sp³-hybridized carbons (Fsp3) is 0.500. The van der Waals surface area contributed by atoms with Gasteiger partial charge in [0.1, 0.15) is 0 Å². The molecule has 1 aromatic rings. The zero-order chi connectivity index (χ0) is 11.1. The van der Waals surface area contributed by atoms with Crippen LogP contribution in [0.15, 0.2) is 28.7 Å². The molecule has 0 aromatic heterocycles. The Bertz CT molecular complexity index is 291. The molecular weight excluding hydrogens is 275 g/mol. The van der Waals surface area contributed by atoms with Crippen molar-refractivity contribution in [3.8, 4) is 0 Å². The molecule has 0 aliphatic rings. The van der Waals surface area contributed by atoms with E-state index in [0.717, 1.165) is 23.9 Å². The minimum Gasteiger partial charge on any atom is -0.385 e. The number of halogens is 2. The predicted molar refractivity (Wildman–Crippen MR) is 68.5 cm³/mol. The van der Waals surface area contributed by atoms with Crippen molar-refractivity contribution in [2.24, 2.45) is 5.92 Å². The van der Waals surface area contributed by atoms with Crippen LogP contribution in [0.25, 0.3) is 0 Å². The molecule has 0 saturated carbocycles. The van der Waals surface area contributed by atoms with Crippen molar-refractivity contribution in [2.75, 3.05) is 19.6 Å². The van der Waals surface area contributed by atoms with Gasteiger partial charge in [-0.05, 0) is 36.5 Å². The molecule has 1 atom stereocenters. The van der Waals surface area contributed by atoms with Crippen LogP contribution in [0.1, 0.15) is 12.0 Å². The summed E-state index contributed by atoms with van der Waals surface area (Å²) in [6.07, 6.45) is 2.04. The molecule has 0 heterocycles. The van der Waals surface area contributed by atoms with Crippen molar-refractivity contribution < 1.29 is 4.74 Å². The molecule has 1 nitrogen and oxygen atoms in total. The SMILES string of the molecule is COCCC(CCl)Cc1cccc(Br)c1. The Labute approximate surface area is 105 Å². The number of hydrogen-bond acceptors (Lipinski definition) is 1. The Morgan fingerprint density at radius 3 is 2.87 bits per heavy atom. The van der Waals surface area contributed by atoms with Crippen LogP contribution >= 0.6 is 27.5 Å². The summed E-state index contributed by atoms with van der Waals surface area (Å²) in [6, 6.07) is 8.37. The average Bonchev–Trinajstić information content (AvgIpc) is 2.24. The second-order valence-corrected chi connectivity index (χ2v) is 4.86. The van der Waals surface area contributed by atoms with Crippen LogP contribution in [-0.4, -0.2) is 19.6 Å². The highest BCUT2D eigenvalue weighted by atomic mass is 79.9. The molecule has 0 spiro atoms. The molecule has 0 saturated heterocycles. The summed E-state index contributed by atoms with van der Waals surface area (Å²) in [7, 11) is 1.73. The second-order valence-electron chi connectivity index (χ2n) is 3.64. The quantitative estimate of drug-likeness (QED) is 0.723. The topological polar surface area (TPSA) is 9.23 Å². The van der Waals surface area contributed by atoms with Gasteiger partial charge in [0, 0.05) is 24.1 Å². The zero-order valence-electron chi connectivity index (χ0n) is 8.88. The number of benzene rings is 1. The Morgan fingerprint density at radius 1 is 1.47 bits per heavy atom. The summed E-state index contributed by atoms with van der Waals surface area (Å²) in [6.45, 7) is 0.783. The first-order chi connectivity index (χ1) is 7.26. The monoisotopic (exact) mass is 290 g/mol. The molecule has 15 heavy (non-hydrogen) atoms. The average molecular weight is 292 g/mol. The first-order valence-corrected chi connectivity index (χ1v) is 6.38. The summed E-state index contributed by atoms with van der Waals surface area (Å²) in [5.74, 6) is 1.19. The van der Waals surface area contributed by atoms with E-state index in [4.69, 9.17) is 16.3 Å². The molecule has 0 aliphatic carbocycles. The first kappa shape index (κ1) is 13.0. The van der Waals surface area contributed by atoms with Gasteiger partial charge < -0.3 is 4.74 Å². The molecule has 0 N–H and O–H groups in total. The third-order valence-electron chi connectivity index (χ3n) is 2.36. The van der Waals surface area contributed by atoms with Crippen LogP contribution in [0.4, 0.5) is 0 Å².